The van der Waals surface area contributed by atoms with Gasteiger partial charge in [-0.1, -0.05) is 96.1 Å². The number of hydrogen-bond acceptors (Lipinski definition) is 3. The first-order chi connectivity index (χ1) is 16.6. The molecule has 190 valence electrons. The van der Waals surface area contributed by atoms with Crippen molar-refractivity contribution in [3.63, 3.8) is 0 Å². The number of thiocarbonyl (C=S) groups is 1. The second kappa shape index (κ2) is 17.5. The smallest absolute Gasteiger partial charge is 0.255 e. The van der Waals surface area contributed by atoms with E-state index in [-0.39, 0.29) is 16.9 Å². The number of nitrogens with zero attached hydrogens (tertiary/aromatic N) is 1. The van der Waals surface area contributed by atoms with E-state index in [9.17, 15) is 9.59 Å². The average Bonchev–Trinajstić information content (AvgIpc) is 3.12. The summed E-state index contributed by atoms with van der Waals surface area (Å²) in [6.07, 6.45) is 18.8. The highest BCUT2D eigenvalue weighted by molar-refractivity contribution is 7.80. The van der Waals surface area contributed by atoms with Crippen LogP contribution >= 0.6 is 12.2 Å². The van der Waals surface area contributed by atoms with Gasteiger partial charge < -0.3 is 15.5 Å². The Balaban J connectivity index is 1.64. The van der Waals surface area contributed by atoms with Gasteiger partial charge in [-0.2, -0.15) is 0 Å². The molecule has 2 rings (SSSR count). The first-order valence-electron chi connectivity index (χ1n) is 13.6. The Kier molecular flexibility index (Phi) is 14.5. The Morgan fingerprint density at radius 1 is 0.824 bits per heavy atom. The summed E-state index contributed by atoms with van der Waals surface area (Å²) in [7, 11) is 0. The molecule has 1 saturated heterocycles. The van der Waals surface area contributed by atoms with Gasteiger partial charge in [0.05, 0.1) is 11.3 Å². The molecule has 0 saturated carbocycles. The van der Waals surface area contributed by atoms with Gasteiger partial charge >= 0.3 is 0 Å². The molecule has 1 fully saturated rings. The second-order valence-electron chi connectivity index (χ2n) is 9.54. The van der Waals surface area contributed by atoms with Crippen LogP contribution in [0, 0.1) is 0 Å². The van der Waals surface area contributed by atoms with Crippen molar-refractivity contribution in [1.82, 2.24) is 10.2 Å². The quantitative estimate of drug-likeness (QED) is 0.215. The number of anilines is 1. The number of likely N-dealkylation sites (tertiary alicyclic amines) is 1. The van der Waals surface area contributed by atoms with Gasteiger partial charge in [0, 0.05) is 19.5 Å². The standard InChI is InChI=1S/C28H45N3O2S/c1-2-3-4-5-6-7-8-9-10-11-14-21-26(32)30-28(34)29-25-20-16-15-19-24(25)27(33)31-22-17-12-13-18-23-31/h15-16,19-20H,2-14,17-18,21-23H2,1H3,(H2,29,30,32,34). The zero-order chi connectivity index (χ0) is 24.4. The third-order valence-corrected chi connectivity index (χ3v) is 6.76. The maximum atomic E-state index is 13.1. The van der Waals surface area contributed by atoms with Gasteiger partial charge in [-0.05, 0) is 43.6 Å². The summed E-state index contributed by atoms with van der Waals surface area (Å²) >= 11 is 5.36. The number of hydrogen-bond donors (Lipinski definition) is 2. The third kappa shape index (κ3) is 11.5. The molecule has 5 nitrogen and oxygen atoms in total. The molecule has 1 heterocycles. The normalized spacial score (nSPS) is 13.9. The van der Waals surface area contributed by atoms with Crippen molar-refractivity contribution in [1.29, 1.82) is 0 Å². The van der Waals surface area contributed by atoms with Crippen LogP contribution in [0.25, 0.3) is 0 Å². The highest BCUT2D eigenvalue weighted by atomic mass is 32.1. The zero-order valence-electron chi connectivity index (χ0n) is 21.2. The van der Waals surface area contributed by atoms with Crippen LogP contribution in [0.5, 0.6) is 0 Å². The summed E-state index contributed by atoms with van der Waals surface area (Å²) in [4.78, 5) is 27.3. The van der Waals surface area contributed by atoms with Crippen molar-refractivity contribution in [2.75, 3.05) is 18.4 Å². The minimum atomic E-state index is -0.0650. The maximum absolute atomic E-state index is 13.1. The van der Waals surface area contributed by atoms with Crippen molar-refractivity contribution in [2.45, 2.75) is 110 Å². The number of benzene rings is 1. The van der Waals surface area contributed by atoms with E-state index in [0.717, 1.165) is 38.8 Å². The van der Waals surface area contributed by atoms with E-state index in [1.165, 1.54) is 70.6 Å². The van der Waals surface area contributed by atoms with E-state index >= 15 is 0 Å². The average molecular weight is 488 g/mol. The minimum Gasteiger partial charge on any atom is -0.339 e. The van der Waals surface area contributed by atoms with E-state index in [2.05, 4.69) is 17.6 Å². The van der Waals surface area contributed by atoms with Crippen LogP contribution in [0.3, 0.4) is 0 Å². The highest BCUT2D eigenvalue weighted by Crippen LogP contribution is 2.20. The van der Waals surface area contributed by atoms with Gasteiger partial charge in [-0.3, -0.25) is 9.59 Å². The summed E-state index contributed by atoms with van der Waals surface area (Å²) in [6.45, 7) is 3.85. The molecule has 0 spiro atoms. The van der Waals surface area contributed by atoms with Crippen LogP contribution in [0.4, 0.5) is 5.69 Å². The number of para-hydroxylation sites is 1. The van der Waals surface area contributed by atoms with E-state index in [4.69, 9.17) is 12.2 Å². The van der Waals surface area contributed by atoms with E-state index in [1.807, 2.05) is 29.2 Å². The van der Waals surface area contributed by atoms with Gasteiger partial charge in [0.2, 0.25) is 5.91 Å². The zero-order valence-corrected chi connectivity index (χ0v) is 22.0. The molecular formula is C28H45N3O2S. The second-order valence-corrected chi connectivity index (χ2v) is 9.95. The molecule has 2 N–H and O–H groups in total. The SMILES string of the molecule is CCCCCCCCCCCCCC(=O)NC(=S)Nc1ccccc1C(=O)N1CCCCCC1. The minimum absolute atomic E-state index is 0.0279. The Bertz CT molecular complexity index is 745. The fourth-order valence-corrected chi connectivity index (χ4v) is 4.74. The monoisotopic (exact) mass is 487 g/mol. The fourth-order valence-electron chi connectivity index (χ4n) is 4.52. The topological polar surface area (TPSA) is 61.4 Å². The summed E-state index contributed by atoms with van der Waals surface area (Å²) in [5.74, 6) is -0.0372. The number of carbonyl (C=O) groups is 2. The predicted octanol–water partition coefficient (Wildman–Crippen LogP) is 7.22. The summed E-state index contributed by atoms with van der Waals surface area (Å²) < 4.78 is 0. The molecule has 0 bridgehead atoms. The predicted molar refractivity (Wildman–Crippen MR) is 146 cm³/mol. The Hall–Kier alpha value is -1.95. The molecule has 0 aromatic heterocycles. The van der Waals surface area contributed by atoms with E-state index < -0.39 is 0 Å². The van der Waals surface area contributed by atoms with Gasteiger partial charge in [-0.15, -0.1) is 0 Å². The van der Waals surface area contributed by atoms with Crippen LogP contribution in [0.1, 0.15) is 120 Å². The first-order valence-corrected chi connectivity index (χ1v) is 14.0. The van der Waals surface area contributed by atoms with Crippen LogP contribution < -0.4 is 10.6 Å². The van der Waals surface area contributed by atoms with Crippen molar-refractivity contribution >= 4 is 34.8 Å². The largest absolute Gasteiger partial charge is 0.339 e. The Labute approximate surface area is 212 Å². The number of unbranched alkanes of at least 4 members (excludes halogenated alkanes) is 10. The van der Waals surface area contributed by atoms with Crippen molar-refractivity contribution in [2.24, 2.45) is 0 Å². The van der Waals surface area contributed by atoms with Crippen molar-refractivity contribution in [3.8, 4) is 0 Å². The lowest BCUT2D eigenvalue weighted by Gasteiger charge is -2.22. The number of amides is 2. The molecule has 0 atom stereocenters. The molecule has 1 aliphatic heterocycles. The Morgan fingerprint density at radius 2 is 1.38 bits per heavy atom. The van der Waals surface area contributed by atoms with Gasteiger partial charge in [-0.25, -0.2) is 0 Å². The first kappa shape index (κ1) is 28.3. The summed E-state index contributed by atoms with van der Waals surface area (Å²) in [6, 6.07) is 7.40. The summed E-state index contributed by atoms with van der Waals surface area (Å²) in [5.41, 5.74) is 1.25. The molecular weight excluding hydrogens is 442 g/mol. The van der Waals surface area contributed by atoms with E-state index in [0.29, 0.717) is 17.7 Å². The molecule has 0 aliphatic carbocycles. The molecule has 34 heavy (non-hydrogen) atoms. The van der Waals surface area contributed by atoms with Crippen molar-refractivity contribution < 1.29 is 9.59 Å². The highest BCUT2D eigenvalue weighted by Gasteiger charge is 2.20. The molecule has 0 radical (unpaired) electrons. The van der Waals surface area contributed by atoms with Gasteiger partial charge in [0.1, 0.15) is 0 Å². The Morgan fingerprint density at radius 3 is 2.00 bits per heavy atom. The molecule has 1 aromatic carbocycles. The summed E-state index contributed by atoms with van der Waals surface area (Å²) in [5, 5.41) is 6.10. The lowest BCUT2D eigenvalue weighted by molar-refractivity contribution is -0.119. The van der Waals surface area contributed by atoms with Crippen LogP contribution in [0.2, 0.25) is 0 Å². The molecule has 1 aliphatic rings. The number of carbonyl (C=O) groups excluding carboxylic acids is 2. The van der Waals surface area contributed by atoms with Crippen LogP contribution in [-0.2, 0) is 4.79 Å². The fraction of sp³-hybridized carbons (Fsp3) is 0.679. The molecule has 2 amide bonds. The van der Waals surface area contributed by atoms with E-state index in [1.54, 1.807) is 0 Å². The number of rotatable bonds is 14. The van der Waals surface area contributed by atoms with Crippen LogP contribution in [0.15, 0.2) is 24.3 Å². The van der Waals surface area contributed by atoms with Gasteiger partial charge in [0.15, 0.2) is 5.11 Å². The molecule has 0 unspecified atom stereocenters. The van der Waals surface area contributed by atoms with Crippen molar-refractivity contribution in [3.05, 3.63) is 29.8 Å². The third-order valence-electron chi connectivity index (χ3n) is 6.56. The lowest BCUT2D eigenvalue weighted by atomic mass is 10.1. The molecule has 1 aromatic rings. The maximum Gasteiger partial charge on any atom is 0.255 e. The lowest BCUT2D eigenvalue weighted by Crippen LogP contribution is -2.36. The number of nitrogens with one attached hydrogen (secondary N) is 2. The molecule has 6 heteroatoms. The van der Waals surface area contributed by atoms with Gasteiger partial charge in [0.25, 0.3) is 5.91 Å². The van der Waals surface area contributed by atoms with Crippen LogP contribution in [-0.4, -0.2) is 34.9 Å².